The van der Waals surface area contributed by atoms with Crippen molar-refractivity contribution in [2.75, 3.05) is 33.8 Å². The van der Waals surface area contributed by atoms with Gasteiger partial charge in [-0.1, -0.05) is 17.7 Å². The van der Waals surface area contributed by atoms with Crippen molar-refractivity contribution in [3.05, 3.63) is 107 Å². The highest BCUT2D eigenvalue weighted by molar-refractivity contribution is 7.94. The minimum atomic E-state index is -5.03. The van der Waals surface area contributed by atoms with Crippen LogP contribution in [0, 0.1) is 0 Å². The highest BCUT2D eigenvalue weighted by Gasteiger charge is 2.22. The molecule has 0 atom stereocenters. The number of sulfone groups is 2. The Balaban J connectivity index is 1.60. The van der Waals surface area contributed by atoms with E-state index >= 15 is 0 Å². The largest absolute Gasteiger partial charge is 0.504 e. The van der Waals surface area contributed by atoms with E-state index in [0.29, 0.717) is 17.7 Å². The van der Waals surface area contributed by atoms with E-state index in [1.165, 1.54) is 65.6 Å². The van der Waals surface area contributed by atoms with Gasteiger partial charge < -0.3 is 20.4 Å². The molecule has 0 bridgehead atoms. The molecule has 0 aliphatic heterocycles. The van der Waals surface area contributed by atoms with Crippen LogP contribution in [0.25, 0.3) is 0 Å². The zero-order valence-corrected chi connectivity index (χ0v) is 36.7. The summed E-state index contributed by atoms with van der Waals surface area (Å²) in [6, 6.07) is 16.0. The van der Waals surface area contributed by atoms with Crippen molar-refractivity contribution in [2.45, 2.75) is 26.5 Å². The number of alkyl halides is 1. The molecule has 0 unspecified atom stereocenters. The van der Waals surface area contributed by atoms with Crippen molar-refractivity contribution in [3.63, 3.8) is 0 Å². The molecule has 6 N–H and O–H groups in total. The Hall–Kier alpha value is -5.81. The maximum atomic E-state index is 12.7. The van der Waals surface area contributed by atoms with E-state index in [0.717, 1.165) is 17.5 Å². The number of phenols is 1. The van der Waals surface area contributed by atoms with Crippen LogP contribution in [0.5, 0.6) is 5.75 Å². The maximum Gasteiger partial charge on any atom is 0.337 e. The molecule has 1 aromatic heterocycles. The first-order chi connectivity index (χ1) is 29.8. The highest BCUT2D eigenvalue weighted by Crippen LogP contribution is 2.39. The highest BCUT2D eigenvalue weighted by atomic mass is 35.5. The molecule has 0 radical (unpaired) electrons. The Bertz CT molecular complexity index is 2950. The molecule has 0 saturated carbocycles. The third-order valence-corrected chi connectivity index (χ3v) is 13.2. The van der Waals surface area contributed by atoms with Gasteiger partial charge in [0.25, 0.3) is 10.1 Å². The molecule has 1 heterocycles. The number of amidine groups is 1. The standard InChI is InChI=1S/C35H31Cl2N9O13S4/c1-3-46(21-6-5-7-24(16-21)61(51,52)4-2)35-40-33(37)39-34(41-35)38-28-18-25(63(55,56)57)19-29(30(28)47)43-45-31(20-8-11-23(12-9-20)62(53,54)15-14-36)44-42-27-17-22(60-59-58-50)10-13-26(27)32(48)49/h4-13,16-19,42,47,50H,2-3,14-15H2,1H3,(H,48,49)(H,55,56,57)(H,38,39,40,41)/b44-31-,45-43?. The number of anilines is 5. The minimum absolute atomic E-state index is 0.0553. The fraction of sp³-hybridized carbons (Fsp3) is 0.114. The molecule has 63 heavy (non-hydrogen) atoms. The number of hydrazone groups is 1. The van der Waals surface area contributed by atoms with Gasteiger partial charge in [-0.3, -0.25) is 9.98 Å². The Morgan fingerprint density at radius 2 is 1.68 bits per heavy atom. The second-order valence-corrected chi connectivity index (χ2v) is 19.1. The predicted molar refractivity (Wildman–Crippen MR) is 230 cm³/mol. The van der Waals surface area contributed by atoms with Gasteiger partial charge in [-0.05, 0) is 91.3 Å². The third kappa shape index (κ3) is 12.2. The average molecular weight is 985 g/mol. The van der Waals surface area contributed by atoms with E-state index < -0.39 is 63.6 Å². The number of aromatic carboxylic acids is 1. The molecule has 0 fully saturated rings. The van der Waals surface area contributed by atoms with Gasteiger partial charge in [0.15, 0.2) is 25.4 Å². The number of halogens is 2. The van der Waals surface area contributed by atoms with Crippen LogP contribution in [0.2, 0.25) is 5.28 Å². The molecule has 5 rings (SSSR count). The van der Waals surface area contributed by atoms with Gasteiger partial charge in [-0.15, -0.1) is 26.2 Å². The first-order valence-corrected chi connectivity index (χ1v) is 23.5. The molecule has 0 aliphatic carbocycles. The number of carboxylic acids is 1. The van der Waals surface area contributed by atoms with Gasteiger partial charge in [0.1, 0.15) is 5.69 Å². The van der Waals surface area contributed by atoms with E-state index in [-0.39, 0.29) is 66.9 Å². The van der Waals surface area contributed by atoms with E-state index in [1.54, 1.807) is 13.0 Å². The van der Waals surface area contributed by atoms with Gasteiger partial charge in [-0.2, -0.15) is 28.5 Å². The SMILES string of the molecule is C=CS(=O)(=O)c1cccc(N(CC)c2nc(Cl)nc(Nc3cc(S(=O)(=O)O)cc(N=N/C(=N\Nc4cc(SOOO)ccc4C(=O)O)c4ccc(S(=O)(=O)CCCl)cc4)c3O)n2)c1. The number of nitrogens with one attached hydrogen (secondary N) is 2. The lowest BCUT2D eigenvalue weighted by molar-refractivity contribution is -0.432. The fourth-order valence-electron chi connectivity index (χ4n) is 5.21. The van der Waals surface area contributed by atoms with E-state index in [4.69, 9.17) is 28.5 Å². The molecular formula is C35H31Cl2N9O13S4. The number of phenolic OH excluding ortho intramolecular Hbond substituents is 1. The molecule has 28 heteroatoms. The molecule has 0 aliphatic rings. The van der Waals surface area contributed by atoms with Crippen LogP contribution in [0.3, 0.4) is 0 Å². The first-order valence-electron chi connectivity index (χ1n) is 17.2. The summed E-state index contributed by atoms with van der Waals surface area (Å²) in [6.45, 7) is 5.21. The Kier molecular flexibility index (Phi) is 15.8. The number of hydrogen-bond acceptors (Lipinski definition) is 20. The van der Waals surface area contributed by atoms with Gasteiger partial charge >= 0.3 is 5.97 Å². The Morgan fingerprint density at radius 3 is 2.32 bits per heavy atom. The van der Waals surface area contributed by atoms with Crippen molar-refractivity contribution in [1.82, 2.24) is 15.0 Å². The number of hydrogen-bond donors (Lipinski definition) is 6. The normalized spacial score (nSPS) is 12.3. The van der Waals surface area contributed by atoms with Crippen LogP contribution in [0.1, 0.15) is 22.8 Å². The first kappa shape index (κ1) is 48.2. The number of carbonyl (C=O) groups is 1. The summed E-state index contributed by atoms with van der Waals surface area (Å²) in [6.07, 6.45) is 0. The molecule has 0 saturated heterocycles. The van der Waals surface area contributed by atoms with Crippen LogP contribution < -0.4 is 15.6 Å². The van der Waals surface area contributed by atoms with Gasteiger partial charge in [0.05, 0.1) is 49.4 Å². The summed E-state index contributed by atoms with van der Waals surface area (Å²) in [7, 11) is -12.7. The molecule has 22 nitrogen and oxygen atoms in total. The summed E-state index contributed by atoms with van der Waals surface area (Å²) in [5, 5.41) is 48.5. The second-order valence-electron chi connectivity index (χ2n) is 12.1. The molecule has 4 aromatic carbocycles. The summed E-state index contributed by atoms with van der Waals surface area (Å²) < 4.78 is 89.6. The topological polar surface area (TPSA) is 322 Å². The third-order valence-electron chi connectivity index (χ3n) is 8.17. The molecule has 332 valence electrons. The number of carboxylic acid groups (broad SMARTS) is 1. The van der Waals surface area contributed by atoms with Crippen molar-refractivity contribution in [2.24, 2.45) is 15.3 Å². The van der Waals surface area contributed by atoms with Gasteiger partial charge in [-0.25, -0.2) is 26.9 Å². The lowest BCUT2D eigenvalue weighted by atomic mass is 10.2. The van der Waals surface area contributed by atoms with Crippen LogP contribution in [-0.2, 0) is 39.2 Å². The van der Waals surface area contributed by atoms with Crippen molar-refractivity contribution < 1.29 is 59.4 Å². The summed E-state index contributed by atoms with van der Waals surface area (Å²) in [4.78, 5) is 25.1. The average Bonchev–Trinajstić information content (AvgIpc) is 3.24. The number of aromatic nitrogens is 3. The molecule has 5 aromatic rings. The van der Waals surface area contributed by atoms with E-state index in [2.05, 4.69) is 57.0 Å². The minimum Gasteiger partial charge on any atom is -0.504 e. The number of benzene rings is 4. The second kappa shape index (κ2) is 20.6. The summed E-state index contributed by atoms with van der Waals surface area (Å²) in [5.41, 5.74) is 1.36. The maximum absolute atomic E-state index is 12.7. The summed E-state index contributed by atoms with van der Waals surface area (Å²) in [5.74, 6) is -3.63. The van der Waals surface area contributed by atoms with Crippen LogP contribution in [-0.4, -0.2) is 90.2 Å². The van der Waals surface area contributed by atoms with Crippen molar-refractivity contribution >= 4 is 111 Å². The molecular weight excluding hydrogens is 954 g/mol. The predicted octanol–water partition coefficient (Wildman–Crippen LogP) is 6.99. The Labute approximate surface area is 372 Å². The number of rotatable bonds is 19. The fourth-order valence-corrected chi connectivity index (χ4v) is 8.64. The van der Waals surface area contributed by atoms with Gasteiger partial charge in [0.2, 0.25) is 23.0 Å². The number of aromatic hydroxyl groups is 1. The van der Waals surface area contributed by atoms with Crippen LogP contribution in [0.15, 0.2) is 126 Å². The summed E-state index contributed by atoms with van der Waals surface area (Å²) >= 11 is 12.4. The molecule has 0 spiro atoms. The zero-order valence-electron chi connectivity index (χ0n) is 31.9. The lowest BCUT2D eigenvalue weighted by Crippen LogP contribution is -2.20. The lowest BCUT2D eigenvalue weighted by Gasteiger charge is -2.22. The zero-order chi connectivity index (χ0) is 46.1. The van der Waals surface area contributed by atoms with Gasteiger partial charge in [0, 0.05) is 34.0 Å². The van der Waals surface area contributed by atoms with Crippen LogP contribution in [0.4, 0.5) is 34.6 Å². The smallest absolute Gasteiger partial charge is 0.337 e. The van der Waals surface area contributed by atoms with Crippen molar-refractivity contribution in [3.8, 4) is 5.75 Å². The monoisotopic (exact) mass is 983 g/mol. The van der Waals surface area contributed by atoms with E-state index in [9.17, 15) is 44.8 Å². The van der Waals surface area contributed by atoms with Crippen molar-refractivity contribution in [1.29, 1.82) is 0 Å². The van der Waals surface area contributed by atoms with Crippen LogP contribution >= 0.6 is 35.2 Å². The quantitative estimate of drug-likeness (QED) is 0.00558. The Morgan fingerprint density at radius 1 is 0.952 bits per heavy atom. The van der Waals surface area contributed by atoms with E-state index in [1.807, 2.05) is 0 Å². The molecule has 0 amide bonds. The number of nitrogens with zero attached hydrogens (tertiary/aromatic N) is 7. The number of azo groups is 1.